The quantitative estimate of drug-likeness (QED) is 0.704. The number of hydrogen-bond acceptors (Lipinski definition) is 4. The van der Waals surface area contributed by atoms with Crippen LogP contribution in [0.2, 0.25) is 0 Å². The molecule has 3 unspecified atom stereocenters. The lowest BCUT2D eigenvalue weighted by atomic mass is 9.84. The summed E-state index contributed by atoms with van der Waals surface area (Å²) >= 11 is 0. The Morgan fingerprint density at radius 1 is 1.23 bits per heavy atom. The summed E-state index contributed by atoms with van der Waals surface area (Å²) in [6.45, 7) is 6.94. The first kappa shape index (κ1) is 17.5. The molecular formula is C17H32N2O3. The number of ether oxygens (including phenoxy) is 1. The first-order valence-corrected chi connectivity index (χ1v) is 8.73. The molecule has 22 heavy (non-hydrogen) atoms. The van der Waals surface area contributed by atoms with E-state index in [2.05, 4.69) is 10.6 Å². The van der Waals surface area contributed by atoms with Crippen LogP contribution in [0.15, 0.2) is 0 Å². The summed E-state index contributed by atoms with van der Waals surface area (Å²) in [5.41, 5.74) is -0.456. The highest BCUT2D eigenvalue weighted by Gasteiger charge is 2.31. The van der Waals surface area contributed by atoms with Crippen LogP contribution in [-0.2, 0) is 4.74 Å². The second-order valence-corrected chi connectivity index (χ2v) is 7.85. The van der Waals surface area contributed by atoms with E-state index in [4.69, 9.17) is 4.74 Å². The SMILES string of the molecule is CC(C)(C)OC(=O)NCC1CCCCC1NCC(O)C1CC1. The minimum Gasteiger partial charge on any atom is -0.444 e. The van der Waals surface area contributed by atoms with Crippen LogP contribution >= 0.6 is 0 Å². The lowest BCUT2D eigenvalue weighted by Crippen LogP contribution is -2.47. The average molecular weight is 312 g/mol. The largest absolute Gasteiger partial charge is 0.444 e. The van der Waals surface area contributed by atoms with E-state index in [0.717, 1.165) is 25.7 Å². The number of nitrogens with one attached hydrogen (secondary N) is 2. The molecule has 5 nitrogen and oxygen atoms in total. The van der Waals surface area contributed by atoms with E-state index in [1.165, 1.54) is 12.8 Å². The fourth-order valence-corrected chi connectivity index (χ4v) is 3.17. The lowest BCUT2D eigenvalue weighted by Gasteiger charge is -2.33. The van der Waals surface area contributed by atoms with Gasteiger partial charge < -0.3 is 20.5 Å². The predicted molar refractivity (Wildman–Crippen MR) is 86.7 cm³/mol. The summed E-state index contributed by atoms with van der Waals surface area (Å²) < 4.78 is 5.29. The molecule has 0 aromatic heterocycles. The maximum atomic E-state index is 11.8. The molecule has 0 aromatic rings. The summed E-state index contributed by atoms with van der Waals surface area (Å²) in [7, 11) is 0. The molecule has 3 N–H and O–H groups in total. The monoisotopic (exact) mass is 312 g/mol. The van der Waals surface area contributed by atoms with Crippen molar-refractivity contribution in [3.05, 3.63) is 0 Å². The fraction of sp³-hybridized carbons (Fsp3) is 0.941. The first-order valence-electron chi connectivity index (χ1n) is 8.73. The van der Waals surface area contributed by atoms with Gasteiger partial charge in [-0.1, -0.05) is 12.8 Å². The van der Waals surface area contributed by atoms with E-state index >= 15 is 0 Å². The van der Waals surface area contributed by atoms with E-state index < -0.39 is 5.60 Å². The molecule has 0 heterocycles. The van der Waals surface area contributed by atoms with Crippen molar-refractivity contribution >= 4 is 6.09 Å². The summed E-state index contributed by atoms with van der Waals surface area (Å²) in [6.07, 6.45) is 6.46. The van der Waals surface area contributed by atoms with Crippen LogP contribution in [-0.4, -0.2) is 42.0 Å². The molecule has 0 aromatic carbocycles. The number of carbonyl (C=O) groups excluding carboxylic acids is 1. The number of alkyl carbamates (subject to hydrolysis) is 1. The Labute approximate surface area is 134 Å². The Balaban J connectivity index is 1.72. The third-order valence-corrected chi connectivity index (χ3v) is 4.57. The molecule has 3 atom stereocenters. The zero-order valence-electron chi connectivity index (χ0n) is 14.2. The van der Waals surface area contributed by atoms with Crippen molar-refractivity contribution in [3.63, 3.8) is 0 Å². The molecule has 0 bridgehead atoms. The van der Waals surface area contributed by atoms with Gasteiger partial charge in [0.2, 0.25) is 0 Å². The summed E-state index contributed by atoms with van der Waals surface area (Å²) in [5.74, 6) is 0.933. The van der Waals surface area contributed by atoms with Gasteiger partial charge in [-0.15, -0.1) is 0 Å². The number of rotatable bonds is 6. The Bertz CT molecular complexity index is 363. The van der Waals surface area contributed by atoms with E-state index in [1.807, 2.05) is 20.8 Å². The maximum Gasteiger partial charge on any atom is 0.407 e. The zero-order chi connectivity index (χ0) is 16.2. The van der Waals surface area contributed by atoms with E-state index in [-0.39, 0.29) is 12.2 Å². The highest BCUT2D eigenvalue weighted by Crippen LogP contribution is 2.32. The third-order valence-electron chi connectivity index (χ3n) is 4.57. The molecule has 0 aliphatic heterocycles. The van der Waals surface area contributed by atoms with Crippen LogP contribution in [0, 0.1) is 11.8 Å². The van der Waals surface area contributed by atoms with Gasteiger partial charge in [-0.3, -0.25) is 0 Å². The number of amides is 1. The summed E-state index contributed by atoms with van der Waals surface area (Å²) in [5, 5.41) is 16.4. The number of carbonyl (C=O) groups is 1. The van der Waals surface area contributed by atoms with Gasteiger partial charge in [0.15, 0.2) is 0 Å². The highest BCUT2D eigenvalue weighted by molar-refractivity contribution is 5.67. The molecule has 2 aliphatic carbocycles. The first-order chi connectivity index (χ1) is 10.3. The van der Waals surface area contributed by atoms with Crippen molar-refractivity contribution in [1.82, 2.24) is 10.6 Å². The molecular weight excluding hydrogens is 280 g/mol. The van der Waals surface area contributed by atoms with Gasteiger partial charge in [-0.25, -0.2) is 4.79 Å². The average Bonchev–Trinajstić information content (AvgIpc) is 3.26. The van der Waals surface area contributed by atoms with Crippen molar-refractivity contribution in [3.8, 4) is 0 Å². The summed E-state index contributed by atoms with van der Waals surface area (Å²) in [6, 6.07) is 0.386. The van der Waals surface area contributed by atoms with Gasteiger partial charge in [-0.2, -0.15) is 0 Å². The number of hydrogen-bond donors (Lipinski definition) is 3. The van der Waals surface area contributed by atoms with Gasteiger partial charge >= 0.3 is 6.09 Å². The number of aliphatic hydroxyl groups is 1. The molecule has 5 heteroatoms. The van der Waals surface area contributed by atoms with Crippen molar-refractivity contribution in [2.24, 2.45) is 11.8 Å². The molecule has 2 saturated carbocycles. The second kappa shape index (κ2) is 7.64. The van der Waals surface area contributed by atoms with Crippen molar-refractivity contribution in [1.29, 1.82) is 0 Å². The van der Waals surface area contributed by atoms with Gasteiger partial charge in [0.1, 0.15) is 5.60 Å². The van der Waals surface area contributed by atoms with Crippen LogP contribution in [0.3, 0.4) is 0 Å². The standard InChI is InChI=1S/C17H32N2O3/c1-17(2,3)22-16(21)19-10-13-6-4-5-7-14(13)18-11-15(20)12-8-9-12/h12-15,18,20H,4-11H2,1-3H3,(H,19,21). The third kappa shape index (κ3) is 6.13. The molecule has 0 spiro atoms. The van der Waals surface area contributed by atoms with E-state index in [1.54, 1.807) is 0 Å². The van der Waals surface area contributed by atoms with Gasteiger partial charge in [-0.05, 0) is 58.3 Å². The van der Waals surface area contributed by atoms with Crippen molar-refractivity contribution in [2.45, 2.75) is 77.0 Å². The van der Waals surface area contributed by atoms with Crippen LogP contribution in [0.25, 0.3) is 0 Å². The lowest BCUT2D eigenvalue weighted by molar-refractivity contribution is 0.0508. The Hall–Kier alpha value is -0.810. The van der Waals surface area contributed by atoms with Gasteiger partial charge in [0.05, 0.1) is 6.10 Å². The van der Waals surface area contributed by atoms with Crippen LogP contribution in [0.4, 0.5) is 4.79 Å². The number of aliphatic hydroxyl groups excluding tert-OH is 1. The topological polar surface area (TPSA) is 70.6 Å². The maximum absolute atomic E-state index is 11.8. The predicted octanol–water partition coefficient (Wildman–Crippen LogP) is 2.43. The molecule has 2 fully saturated rings. The minimum atomic E-state index is -0.456. The molecule has 1 amide bonds. The van der Waals surface area contributed by atoms with Crippen molar-refractivity contribution in [2.75, 3.05) is 13.1 Å². The van der Waals surface area contributed by atoms with E-state index in [0.29, 0.717) is 31.0 Å². The Kier molecular flexibility index (Phi) is 6.09. The zero-order valence-corrected chi connectivity index (χ0v) is 14.2. The van der Waals surface area contributed by atoms with Gasteiger partial charge in [0, 0.05) is 19.1 Å². The van der Waals surface area contributed by atoms with Crippen LogP contribution in [0.1, 0.15) is 59.3 Å². The smallest absolute Gasteiger partial charge is 0.407 e. The van der Waals surface area contributed by atoms with Crippen LogP contribution < -0.4 is 10.6 Å². The molecule has 0 saturated heterocycles. The van der Waals surface area contributed by atoms with Crippen LogP contribution in [0.5, 0.6) is 0 Å². The molecule has 2 rings (SSSR count). The second-order valence-electron chi connectivity index (χ2n) is 7.85. The minimum absolute atomic E-state index is 0.207. The molecule has 128 valence electrons. The Morgan fingerprint density at radius 2 is 1.91 bits per heavy atom. The van der Waals surface area contributed by atoms with Crippen molar-refractivity contribution < 1.29 is 14.6 Å². The highest BCUT2D eigenvalue weighted by atomic mass is 16.6. The molecule has 2 aliphatic rings. The summed E-state index contributed by atoms with van der Waals surface area (Å²) in [4.78, 5) is 11.8. The van der Waals surface area contributed by atoms with E-state index in [9.17, 15) is 9.90 Å². The normalized spacial score (nSPS) is 27.3. The Morgan fingerprint density at radius 3 is 2.55 bits per heavy atom. The molecule has 0 radical (unpaired) electrons. The van der Waals surface area contributed by atoms with Gasteiger partial charge in [0.25, 0.3) is 0 Å². The fourth-order valence-electron chi connectivity index (χ4n) is 3.17.